The van der Waals surface area contributed by atoms with Crippen LogP contribution in [0.15, 0.2) is 78.0 Å². The Balaban J connectivity index is 1.70. The molecule has 0 spiro atoms. The maximum absolute atomic E-state index is 14.9. The van der Waals surface area contributed by atoms with Gasteiger partial charge in [-0.15, -0.1) is 5.10 Å². The van der Waals surface area contributed by atoms with Crippen molar-refractivity contribution in [2.75, 3.05) is 10.9 Å². The molecule has 0 aliphatic heterocycles. The van der Waals surface area contributed by atoms with Crippen molar-refractivity contribution in [3.63, 3.8) is 0 Å². The van der Waals surface area contributed by atoms with Crippen molar-refractivity contribution in [3.05, 3.63) is 95.3 Å². The van der Waals surface area contributed by atoms with E-state index in [1.165, 1.54) is 30.6 Å². The molecular weight excluding hydrogens is 512 g/mol. The fourth-order valence-corrected chi connectivity index (χ4v) is 5.46. The van der Waals surface area contributed by atoms with Gasteiger partial charge in [-0.1, -0.05) is 29.8 Å². The average molecular weight is 534 g/mol. The summed E-state index contributed by atoms with van der Waals surface area (Å²) >= 11 is 5.93. The van der Waals surface area contributed by atoms with Crippen LogP contribution in [0.4, 0.5) is 14.5 Å². The Labute approximate surface area is 212 Å². The van der Waals surface area contributed by atoms with Crippen molar-refractivity contribution < 1.29 is 21.9 Å². The lowest BCUT2D eigenvalue weighted by molar-refractivity contribution is 0.294. The van der Waals surface area contributed by atoms with Gasteiger partial charge in [0.25, 0.3) is 10.0 Å². The van der Waals surface area contributed by atoms with E-state index in [4.69, 9.17) is 16.3 Å². The van der Waals surface area contributed by atoms with E-state index in [1.54, 1.807) is 35.9 Å². The fraction of sp³-hybridized carbons (Fsp3) is 0.208. The Morgan fingerprint density at radius 1 is 1.08 bits per heavy atom. The zero-order chi connectivity index (χ0) is 25.7. The first kappa shape index (κ1) is 25.5. The first-order valence-corrected chi connectivity index (χ1v) is 12.8. The number of nitrogens with zero attached hydrogens (tertiary/aromatic N) is 5. The summed E-state index contributed by atoms with van der Waals surface area (Å²) in [4.78, 5) is -0.123. The molecule has 0 bridgehead atoms. The molecule has 0 amide bonds. The van der Waals surface area contributed by atoms with E-state index < -0.39 is 33.4 Å². The molecule has 12 heteroatoms. The van der Waals surface area contributed by atoms with E-state index in [1.807, 2.05) is 0 Å². The minimum atomic E-state index is -4.34. The Bertz CT molecular complexity index is 1420. The van der Waals surface area contributed by atoms with Gasteiger partial charge >= 0.3 is 0 Å². The Morgan fingerprint density at radius 3 is 2.56 bits per heavy atom. The summed E-state index contributed by atoms with van der Waals surface area (Å²) in [6.45, 7) is 2.40. The highest BCUT2D eigenvalue weighted by Gasteiger charge is 2.34. The summed E-state index contributed by atoms with van der Waals surface area (Å²) in [5, 5.41) is 11.3. The summed E-state index contributed by atoms with van der Waals surface area (Å²) in [7, 11) is -4.34. The summed E-state index contributed by atoms with van der Waals surface area (Å²) in [6, 6.07) is 14.0. The topological polar surface area (TPSA) is 90.2 Å². The van der Waals surface area contributed by atoms with Gasteiger partial charge in [0.1, 0.15) is 23.7 Å². The summed E-state index contributed by atoms with van der Waals surface area (Å²) in [6.07, 6.45) is 2.07. The van der Waals surface area contributed by atoms with Gasteiger partial charge in [-0.25, -0.2) is 21.9 Å². The van der Waals surface area contributed by atoms with E-state index >= 15 is 0 Å². The quantitative estimate of drug-likeness (QED) is 0.266. The normalized spacial score (nSPS) is 12.3. The van der Waals surface area contributed by atoms with Crippen LogP contribution in [0.5, 0.6) is 5.75 Å². The van der Waals surface area contributed by atoms with Gasteiger partial charge in [-0.3, -0.25) is 4.31 Å². The summed E-state index contributed by atoms with van der Waals surface area (Å²) < 4.78 is 65.0. The Kier molecular flexibility index (Phi) is 7.80. The zero-order valence-electron chi connectivity index (χ0n) is 19.1. The zero-order valence-corrected chi connectivity index (χ0v) is 20.7. The molecule has 1 atom stereocenters. The first-order valence-electron chi connectivity index (χ1n) is 10.9. The molecule has 0 fully saturated rings. The highest BCUT2D eigenvalue weighted by Crippen LogP contribution is 2.38. The Morgan fingerprint density at radius 2 is 1.83 bits per heavy atom. The van der Waals surface area contributed by atoms with E-state index in [9.17, 15) is 17.2 Å². The summed E-state index contributed by atoms with van der Waals surface area (Å²) in [5.74, 6) is -1.25. The maximum atomic E-state index is 14.9. The molecule has 1 aromatic heterocycles. The average Bonchev–Trinajstić information content (AvgIpc) is 3.38. The lowest BCUT2D eigenvalue weighted by Crippen LogP contribution is -2.34. The number of hydrogen-bond donors (Lipinski definition) is 0. The van der Waals surface area contributed by atoms with Crippen molar-refractivity contribution in [2.45, 2.75) is 30.8 Å². The van der Waals surface area contributed by atoms with Crippen LogP contribution < -0.4 is 9.04 Å². The van der Waals surface area contributed by atoms with Crippen molar-refractivity contribution in [3.8, 4) is 5.75 Å². The molecule has 0 saturated carbocycles. The number of rotatable bonds is 10. The van der Waals surface area contributed by atoms with Gasteiger partial charge in [0.05, 0.1) is 23.2 Å². The molecular formula is C24H22ClF2N5O3S. The van der Waals surface area contributed by atoms with Crippen LogP contribution in [0.25, 0.3) is 0 Å². The van der Waals surface area contributed by atoms with Gasteiger partial charge in [0.15, 0.2) is 0 Å². The van der Waals surface area contributed by atoms with Crippen molar-refractivity contribution >= 4 is 27.3 Å². The fourth-order valence-electron chi connectivity index (χ4n) is 3.70. The molecule has 4 rings (SSSR count). The number of anilines is 1. The van der Waals surface area contributed by atoms with Crippen LogP contribution in [0.1, 0.15) is 24.9 Å². The van der Waals surface area contributed by atoms with Gasteiger partial charge in [0, 0.05) is 29.6 Å². The van der Waals surface area contributed by atoms with Gasteiger partial charge < -0.3 is 4.74 Å². The highest BCUT2D eigenvalue weighted by molar-refractivity contribution is 7.92. The number of halogens is 3. The minimum absolute atomic E-state index is 0.123. The number of aryl methyl sites for hydroxylation is 1. The molecule has 0 unspecified atom stereocenters. The predicted octanol–water partition coefficient (Wildman–Crippen LogP) is 5.03. The van der Waals surface area contributed by atoms with Crippen LogP contribution in [-0.4, -0.2) is 35.2 Å². The highest BCUT2D eigenvalue weighted by atomic mass is 35.5. The van der Waals surface area contributed by atoms with Crippen LogP contribution in [-0.2, 0) is 16.6 Å². The second-order valence-corrected chi connectivity index (χ2v) is 10.1. The van der Waals surface area contributed by atoms with E-state index in [-0.39, 0.29) is 4.90 Å². The van der Waals surface area contributed by atoms with Gasteiger partial charge in [-0.05, 0) is 59.8 Å². The van der Waals surface area contributed by atoms with Gasteiger partial charge in [0.2, 0.25) is 0 Å². The lowest BCUT2D eigenvalue weighted by atomic mass is 10.1. The van der Waals surface area contributed by atoms with E-state index in [0.29, 0.717) is 35.9 Å². The second kappa shape index (κ2) is 11.0. The molecule has 1 heterocycles. The standard InChI is InChI=1S/C24H22ClF2N5O3S/c1-17(21-5-2-3-6-24(21)35-14-4-13-31-16-28-29-30-31)32(23-15-19(26)9-12-22(23)27)36(33,34)20-10-7-18(25)8-11-20/h2-3,5-12,15-17H,4,13-14H2,1H3/t17-/m1/s1. The molecule has 36 heavy (non-hydrogen) atoms. The number of benzene rings is 3. The van der Waals surface area contributed by atoms with E-state index in [0.717, 1.165) is 22.5 Å². The third kappa shape index (κ3) is 5.63. The van der Waals surface area contributed by atoms with E-state index in [2.05, 4.69) is 15.5 Å². The molecule has 0 aliphatic rings. The number of aromatic nitrogens is 4. The number of tetrazole rings is 1. The number of ether oxygens (including phenoxy) is 1. The monoisotopic (exact) mass is 533 g/mol. The third-order valence-corrected chi connectivity index (χ3v) is 7.57. The van der Waals surface area contributed by atoms with Crippen LogP contribution in [0.2, 0.25) is 5.02 Å². The largest absolute Gasteiger partial charge is 0.493 e. The second-order valence-electron chi connectivity index (χ2n) is 7.84. The first-order chi connectivity index (χ1) is 17.3. The minimum Gasteiger partial charge on any atom is -0.493 e. The number of hydrogen-bond acceptors (Lipinski definition) is 6. The number of para-hydroxylation sites is 1. The molecule has 0 N–H and O–H groups in total. The maximum Gasteiger partial charge on any atom is 0.264 e. The molecule has 188 valence electrons. The Hall–Kier alpha value is -3.57. The van der Waals surface area contributed by atoms with Crippen molar-refractivity contribution in [2.24, 2.45) is 0 Å². The third-order valence-electron chi connectivity index (χ3n) is 5.42. The van der Waals surface area contributed by atoms with Crippen LogP contribution in [0, 0.1) is 11.6 Å². The predicted molar refractivity (Wildman–Crippen MR) is 130 cm³/mol. The van der Waals surface area contributed by atoms with Crippen molar-refractivity contribution in [1.82, 2.24) is 20.2 Å². The molecule has 0 radical (unpaired) electrons. The molecule has 3 aromatic carbocycles. The molecule has 0 saturated heterocycles. The smallest absolute Gasteiger partial charge is 0.264 e. The summed E-state index contributed by atoms with van der Waals surface area (Å²) in [5.41, 5.74) is 0.0482. The molecule has 0 aliphatic carbocycles. The molecule has 4 aromatic rings. The van der Waals surface area contributed by atoms with Crippen LogP contribution >= 0.6 is 11.6 Å². The lowest BCUT2D eigenvalue weighted by Gasteiger charge is -2.32. The van der Waals surface area contributed by atoms with Crippen molar-refractivity contribution in [1.29, 1.82) is 0 Å². The van der Waals surface area contributed by atoms with Gasteiger partial charge in [-0.2, -0.15) is 0 Å². The molecule has 8 nitrogen and oxygen atoms in total. The van der Waals surface area contributed by atoms with Crippen LogP contribution in [0.3, 0.4) is 0 Å². The SMILES string of the molecule is C[C@H](c1ccccc1OCCCn1cnnn1)N(c1cc(F)ccc1F)S(=O)(=O)c1ccc(Cl)cc1. The number of sulfonamides is 1.